The lowest BCUT2D eigenvalue weighted by Crippen LogP contribution is -2.05. The number of hydrogen-bond donors (Lipinski definition) is 3. The molecule has 0 aliphatic rings. The molecule has 0 aromatic heterocycles. The van der Waals surface area contributed by atoms with Crippen molar-refractivity contribution in [3.8, 4) is 0 Å². The van der Waals surface area contributed by atoms with Crippen LogP contribution in [0.5, 0.6) is 0 Å². The molecule has 19 heavy (non-hydrogen) atoms. The van der Waals surface area contributed by atoms with Gasteiger partial charge in [0.05, 0.1) is 6.42 Å². The van der Waals surface area contributed by atoms with Gasteiger partial charge in [0, 0.05) is 13.0 Å². The van der Waals surface area contributed by atoms with Crippen molar-refractivity contribution < 1.29 is 19.8 Å². The predicted molar refractivity (Wildman–Crippen MR) is 78.3 cm³/mol. The van der Waals surface area contributed by atoms with Gasteiger partial charge in [0.2, 0.25) is 0 Å². The molecule has 0 fully saturated rings. The quantitative estimate of drug-likeness (QED) is 0.591. The Kier molecular flexibility index (Phi) is 26.8. The first kappa shape index (κ1) is 23.0. The van der Waals surface area contributed by atoms with Gasteiger partial charge in [0.25, 0.3) is 0 Å². The summed E-state index contributed by atoms with van der Waals surface area (Å²) in [6, 6.07) is 0. The minimum atomic E-state index is -0.836. The zero-order chi connectivity index (χ0) is 15.5. The Bertz CT molecular complexity index is 190. The first-order valence-corrected chi connectivity index (χ1v) is 7.09. The smallest absolute Gasteiger partial charge is 0.304 e. The second kappa shape index (κ2) is 22.1. The maximum Gasteiger partial charge on any atom is 0.304 e. The molecule has 0 amide bonds. The van der Waals surface area contributed by atoms with E-state index in [1.54, 1.807) is 6.92 Å². The molecule has 0 unspecified atom stereocenters. The number of carboxylic acid groups (broad SMARTS) is 2. The summed E-state index contributed by atoms with van der Waals surface area (Å²) in [6.07, 6.45) is 8.78. The third kappa shape index (κ3) is 47.4. The van der Waals surface area contributed by atoms with E-state index >= 15 is 0 Å². The second-order valence-electron chi connectivity index (χ2n) is 4.09. The molecule has 0 saturated carbocycles. The van der Waals surface area contributed by atoms with Crippen LogP contribution in [0.1, 0.15) is 72.1 Å². The van der Waals surface area contributed by atoms with Gasteiger partial charge in [-0.2, -0.15) is 0 Å². The third-order valence-corrected chi connectivity index (χ3v) is 2.12. The van der Waals surface area contributed by atoms with Crippen LogP contribution in [0.2, 0.25) is 0 Å². The van der Waals surface area contributed by atoms with Crippen molar-refractivity contribution in [2.75, 3.05) is 6.54 Å². The van der Waals surface area contributed by atoms with Gasteiger partial charge in [0.15, 0.2) is 0 Å². The molecule has 0 heterocycles. The lowest BCUT2D eigenvalue weighted by Gasteiger charge is -1.93. The Labute approximate surface area is 117 Å². The van der Waals surface area contributed by atoms with Crippen molar-refractivity contribution >= 4 is 11.9 Å². The van der Waals surface area contributed by atoms with Crippen LogP contribution >= 0.6 is 0 Å². The average Bonchev–Trinajstić information content (AvgIpc) is 2.36. The first-order chi connectivity index (χ1) is 8.95. The molecule has 0 rings (SSSR count). The van der Waals surface area contributed by atoms with Crippen LogP contribution in [-0.4, -0.2) is 28.7 Å². The third-order valence-electron chi connectivity index (χ3n) is 2.12. The van der Waals surface area contributed by atoms with Gasteiger partial charge < -0.3 is 15.9 Å². The first-order valence-electron chi connectivity index (χ1n) is 7.09. The topological polar surface area (TPSA) is 101 Å². The van der Waals surface area contributed by atoms with Gasteiger partial charge in [-0.05, 0) is 0 Å². The van der Waals surface area contributed by atoms with E-state index in [0.717, 1.165) is 0 Å². The Balaban J connectivity index is -0.000000209. The van der Waals surface area contributed by atoms with Crippen molar-refractivity contribution in [1.29, 1.82) is 0 Å². The largest absolute Gasteiger partial charge is 0.481 e. The van der Waals surface area contributed by atoms with Crippen LogP contribution in [0, 0.1) is 0 Å². The molecule has 0 radical (unpaired) electrons. The lowest BCUT2D eigenvalue weighted by atomic mass is 10.1. The number of rotatable bonds is 8. The summed E-state index contributed by atoms with van der Waals surface area (Å²) in [5.74, 6) is -1.58. The Morgan fingerprint density at radius 1 is 0.842 bits per heavy atom. The van der Waals surface area contributed by atoms with Crippen molar-refractivity contribution in [1.82, 2.24) is 0 Å². The second-order valence-corrected chi connectivity index (χ2v) is 4.09. The SMILES string of the molecule is CCC(=O)O.CCCCCCCC.NCCC(=O)O. The van der Waals surface area contributed by atoms with Gasteiger partial charge in [-0.25, -0.2) is 0 Å². The molecule has 0 bridgehead atoms. The number of unbranched alkanes of at least 4 members (excludes halogenated alkanes) is 5. The monoisotopic (exact) mass is 277 g/mol. The van der Waals surface area contributed by atoms with Gasteiger partial charge in [-0.1, -0.05) is 59.3 Å². The van der Waals surface area contributed by atoms with E-state index in [2.05, 4.69) is 13.8 Å². The average molecular weight is 277 g/mol. The van der Waals surface area contributed by atoms with Crippen molar-refractivity contribution in [2.24, 2.45) is 5.73 Å². The summed E-state index contributed by atoms with van der Waals surface area (Å²) in [5, 5.41) is 15.6. The molecule has 5 nitrogen and oxygen atoms in total. The molecular weight excluding hydrogens is 246 g/mol. The molecule has 116 valence electrons. The summed E-state index contributed by atoms with van der Waals surface area (Å²) in [5.41, 5.74) is 4.85. The van der Waals surface area contributed by atoms with Crippen LogP contribution < -0.4 is 5.73 Å². The summed E-state index contributed by atoms with van der Waals surface area (Å²) in [7, 11) is 0. The fourth-order valence-electron chi connectivity index (χ4n) is 0.977. The maximum absolute atomic E-state index is 9.52. The molecule has 0 saturated heterocycles. The van der Waals surface area contributed by atoms with E-state index < -0.39 is 11.9 Å². The normalized spacial score (nSPS) is 8.63. The zero-order valence-corrected chi connectivity index (χ0v) is 12.7. The van der Waals surface area contributed by atoms with E-state index in [1.165, 1.54) is 38.5 Å². The Hall–Kier alpha value is -1.10. The van der Waals surface area contributed by atoms with Crippen molar-refractivity contribution in [3.63, 3.8) is 0 Å². The highest BCUT2D eigenvalue weighted by Crippen LogP contribution is 2.03. The highest BCUT2D eigenvalue weighted by atomic mass is 16.4. The summed E-state index contributed by atoms with van der Waals surface area (Å²) in [4.78, 5) is 18.9. The van der Waals surface area contributed by atoms with E-state index in [1.807, 2.05) is 0 Å². The van der Waals surface area contributed by atoms with Crippen LogP contribution in [0.25, 0.3) is 0 Å². The van der Waals surface area contributed by atoms with E-state index in [4.69, 9.17) is 15.9 Å². The number of nitrogens with two attached hydrogens (primary N) is 1. The molecule has 0 aliphatic carbocycles. The van der Waals surface area contributed by atoms with Gasteiger partial charge in [-0.15, -0.1) is 0 Å². The van der Waals surface area contributed by atoms with E-state index in [9.17, 15) is 9.59 Å². The molecule has 5 heteroatoms. The Morgan fingerprint density at radius 3 is 1.32 bits per heavy atom. The molecule has 0 aromatic rings. The number of aliphatic carboxylic acids is 2. The highest BCUT2D eigenvalue weighted by molar-refractivity contribution is 5.66. The fraction of sp³-hybridized carbons (Fsp3) is 0.857. The van der Waals surface area contributed by atoms with Crippen LogP contribution in [0.4, 0.5) is 0 Å². The molecule has 0 aromatic carbocycles. The van der Waals surface area contributed by atoms with Crippen LogP contribution in [0.3, 0.4) is 0 Å². The number of carbonyl (C=O) groups is 2. The van der Waals surface area contributed by atoms with Gasteiger partial charge in [-0.3, -0.25) is 9.59 Å². The predicted octanol–water partition coefficient (Wildman–Crippen LogP) is 3.27. The summed E-state index contributed by atoms with van der Waals surface area (Å²) < 4.78 is 0. The van der Waals surface area contributed by atoms with Crippen LogP contribution in [-0.2, 0) is 9.59 Å². The molecule has 4 N–H and O–H groups in total. The summed E-state index contributed by atoms with van der Waals surface area (Å²) >= 11 is 0. The van der Waals surface area contributed by atoms with Crippen molar-refractivity contribution in [2.45, 2.75) is 72.1 Å². The molecule has 0 atom stereocenters. The van der Waals surface area contributed by atoms with Crippen molar-refractivity contribution in [3.05, 3.63) is 0 Å². The lowest BCUT2D eigenvalue weighted by molar-refractivity contribution is -0.137. The zero-order valence-electron chi connectivity index (χ0n) is 12.7. The number of carboxylic acids is 2. The van der Waals surface area contributed by atoms with Crippen LogP contribution in [0.15, 0.2) is 0 Å². The van der Waals surface area contributed by atoms with Gasteiger partial charge in [0.1, 0.15) is 0 Å². The minimum absolute atomic E-state index is 0.0694. The molecule has 0 spiro atoms. The summed E-state index contributed by atoms with van der Waals surface area (Å²) in [6.45, 7) is 6.34. The molecular formula is C14H31NO4. The standard InChI is InChI=1S/C8H18.C3H7NO2.C3H6O2/c1-3-5-7-8-6-4-2;4-2-1-3(5)6;1-2-3(4)5/h3-8H2,1-2H3;1-2,4H2,(H,5,6);2H2,1H3,(H,4,5). The Morgan fingerprint density at radius 2 is 1.21 bits per heavy atom. The van der Waals surface area contributed by atoms with Gasteiger partial charge >= 0.3 is 11.9 Å². The van der Waals surface area contributed by atoms with E-state index in [0.29, 0.717) is 0 Å². The number of hydrogen-bond acceptors (Lipinski definition) is 3. The fourth-order valence-corrected chi connectivity index (χ4v) is 0.977. The minimum Gasteiger partial charge on any atom is -0.481 e. The maximum atomic E-state index is 9.52. The van der Waals surface area contributed by atoms with E-state index in [-0.39, 0.29) is 19.4 Å². The molecule has 0 aliphatic heterocycles. The highest BCUT2D eigenvalue weighted by Gasteiger charge is 1.87.